The molecule has 0 atom stereocenters. The lowest BCUT2D eigenvalue weighted by atomic mass is 9.53. The van der Waals surface area contributed by atoms with E-state index in [1.165, 1.54) is 25.7 Å². The van der Waals surface area contributed by atoms with Crippen LogP contribution in [0.2, 0.25) is 0 Å². The van der Waals surface area contributed by atoms with Gasteiger partial charge in [-0.3, -0.25) is 0 Å². The molecule has 0 radical (unpaired) electrons. The van der Waals surface area contributed by atoms with E-state index in [0.717, 1.165) is 23.7 Å². The van der Waals surface area contributed by atoms with Crippen LogP contribution in [0.1, 0.15) is 52.9 Å². The zero-order valence-electron chi connectivity index (χ0n) is 10.4. The van der Waals surface area contributed by atoms with E-state index in [-0.39, 0.29) is 0 Å². The maximum Gasteiger partial charge on any atom is -0.0195 e. The molecule has 0 unspecified atom stereocenters. The molecule has 4 aliphatic rings. The van der Waals surface area contributed by atoms with Crippen LogP contribution < -0.4 is 0 Å². The van der Waals surface area contributed by atoms with E-state index in [4.69, 9.17) is 0 Å². The zero-order valence-corrected chi connectivity index (χ0v) is 10.4. The Morgan fingerprint density at radius 2 is 1.33 bits per heavy atom. The van der Waals surface area contributed by atoms with Crippen LogP contribution in [-0.4, -0.2) is 0 Å². The molecule has 4 aliphatic carbocycles. The first-order valence-corrected chi connectivity index (χ1v) is 6.74. The Morgan fingerprint density at radius 1 is 0.867 bits per heavy atom. The number of hydrogen-bond acceptors (Lipinski definition) is 0. The molecular formula is C15H24. The SMILES string of the molecule is CC(C)(C)C=C1C2CC3CC(C2)CC1C3. The largest absolute Gasteiger partial charge is 0.0794 e. The molecule has 0 amide bonds. The van der Waals surface area contributed by atoms with Gasteiger partial charge in [0.15, 0.2) is 0 Å². The Hall–Kier alpha value is -0.260. The zero-order chi connectivity index (χ0) is 10.6. The summed E-state index contributed by atoms with van der Waals surface area (Å²) >= 11 is 0. The fraction of sp³-hybridized carbons (Fsp3) is 0.867. The molecule has 0 N–H and O–H groups in total. The first-order valence-electron chi connectivity index (χ1n) is 6.74. The summed E-state index contributed by atoms with van der Waals surface area (Å²) in [6.07, 6.45) is 10.3. The second kappa shape index (κ2) is 3.12. The molecule has 0 spiro atoms. The number of hydrogen-bond donors (Lipinski definition) is 0. The second-order valence-electron chi connectivity index (χ2n) is 7.31. The molecule has 4 saturated carbocycles. The Kier molecular flexibility index (Phi) is 2.06. The molecule has 84 valence electrons. The van der Waals surface area contributed by atoms with Crippen molar-refractivity contribution in [1.82, 2.24) is 0 Å². The van der Waals surface area contributed by atoms with Gasteiger partial charge in [-0.1, -0.05) is 32.4 Å². The van der Waals surface area contributed by atoms with Crippen molar-refractivity contribution >= 4 is 0 Å². The van der Waals surface area contributed by atoms with Gasteiger partial charge in [0.25, 0.3) is 0 Å². The molecule has 0 aromatic heterocycles. The normalized spacial score (nSPS) is 43.5. The monoisotopic (exact) mass is 204 g/mol. The van der Waals surface area contributed by atoms with Crippen LogP contribution in [0.15, 0.2) is 11.6 Å². The van der Waals surface area contributed by atoms with Crippen LogP contribution >= 0.6 is 0 Å². The van der Waals surface area contributed by atoms with Crippen LogP contribution in [-0.2, 0) is 0 Å². The molecule has 0 heterocycles. The summed E-state index contributed by atoms with van der Waals surface area (Å²) in [5.41, 5.74) is 2.25. The van der Waals surface area contributed by atoms with E-state index in [1.54, 1.807) is 6.42 Å². The van der Waals surface area contributed by atoms with Crippen molar-refractivity contribution in [3.8, 4) is 0 Å². The second-order valence-corrected chi connectivity index (χ2v) is 7.31. The van der Waals surface area contributed by atoms with Gasteiger partial charge in [0.2, 0.25) is 0 Å². The Bertz CT molecular complexity index is 260. The molecule has 4 fully saturated rings. The molecule has 0 saturated heterocycles. The lowest BCUT2D eigenvalue weighted by molar-refractivity contribution is 0.0682. The van der Waals surface area contributed by atoms with Crippen molar-refractivity contribution in [2.45, 2.75) is 52.9 Å². The summed E-state index contributed by atoms with van der Waals surface area (Å²) in [7, 11) is 0. The number of allylic oxidation sites excluding steroid dienone is 2. The highest BCUT2D eigenvalue weighted by Crippen LogP contribution is 2.56. The van der Waals surface area contributed by atoms with E-state index >= 15 is 0 Å². The summed E-state index contributed by atoms with van der Waals surface area (Å²) in [6, 6.07) is 0. The van der Waals surface area contributed by atoms with Crippen molar-refractivity contribution in [2.75, 3.05) is 0 Å². The maximum atomic E-state index is 2.61. The average Bonchev–Trinajstić information content (AvgIpc) is 2.08. The van der Waals surface area contributed by atoms with Crippen molar-refractivity contribution in [3.05, 3.63) is 11.6 Å². The van der Waals surface area contributed by atoms with Gasteiger partial charge in [-0.2, -0.15) is 0 Å². The van der Waals surface area contributed by atoms with Crippen molar-refractivity contribution in [3.63, 3.8) is 0 Å². The van der Waals surface area contributed by atoms with Gasteiger partial charge >= 0.3 is 0 Å². The fourth-order valence-electron chi connectivity index (χ4n) is 4.46. The van der Waals surface area contributed by atoms with Gasteiger partial charge in [-0.05, 0) is 61.2 Å². The molecule has 0 nitrogen and oxygen atoms in total. The van der Waals surface area contributed by atoms with E-state index in [1.807, 2.05) is 5.57 Å². The highest BCUT2D eigenvalue weighted by atomic mass is 14.5. The third kappa shape index (κ3) is 1.77. The minimum Gasteiger partial charge on any atom is -0.0794 e. The first kappa shape index (κ1) is 9.93. The summed E-state index contributed by atoms with van der Waals surface area (Å²) in [4.78, 5) is 0. The van der Waals surface area contributed by atoms with Crippen molar-refractivity contribution in [1.29, 1.82) is 0 Å². The van der Waals surface area contributed by atoms with Crippen LogP contribution in [0, 0.1) is 29.1 Å². The Morgan fingerprint density at radius 3 is 1.73 bits per heavy atom. The molecule has 4 rings (SSSR count). The van der Waals surface area contributed by atoms with Gasteiger partial charge in [-0.25, -0.2) is 0 Å². The molecule has 0 aliphatic heterocycles. The van der Waals surface area contributed by atoms with Gasteiger partial charge in [0.05, 0.1) is 0 Å². The fourth-order valence-corrected chi connectivity index (χ4v) is 4.46. The average molecular weight is 204 g/mol. The predicted molar refractivity (Wildman–Crippen MR) is 64.6 cm³/mol. The predicted octanol–water partition coefficient (Wildman–Crippen LogP) is 4.42. The Labute approximate surface area is 94.1 Å². The molecular weight excluding hydrogens is 180 g/mol. The topological polar surface area (TPSA) is 0 Å². The highest BCUT2D eigenvalue weighted by Gasteiger charge is 2.45. The highest BCUT2D eigenvalue weighted by molar-refractivity contribution is 5.22. The van der Waals surface area contributed by atoms with Crippen LogP contribution in [0.25, 0.3) is 0 Å². The molecule has 0 aromatic carbocycles. The third-order valence-corrected chi connectivity index (χ3v) is 4.68. The van der Waals surface area contributed by atoms with E-state index < -0.39 is 0 Å². The Balaban J connectivity index is 1.89. The van der Waals surface area contributed by atoms with Crippen LogP contribution in [0.4, 0.5) is 0 Å². The van der Waals surface area contributed by atoms with Crippen LogP contribution in [0.3, 0.4) is 0 Å². The standard InChI is InChI=1S/C15H24/c1-15(2,3)9-14-12-5-10-4-11(7-12)8-13(14)6-10/h9-13H,4-8H2,1-3H3. The lowest BCUT2D eigenvalue weighted by Gasteiger charge is -2.52. The van der Waals surface area contributed by atoms with Crippen molar-refractivity contribution < 1.29 is 0 Å². The summed E-state index contributed by atoms with van der Waals surface area (Å²) < 4.78 is 0. The van der Waals surface area contributed by atoms with E-state index in [0.29, 0.717) is 5.41 Å². The van der Waals surface area contributed by atoms with Gasteiger partial charge in [0, 0.05) is 0 Å². The van der Waals surface area contributed by atoms with Gasteiger partial charge in [0.1, 0.15) is 0 Å². The van der Waals surface area contributed by atoms with Crippen molar-refractivity contribution in [2.24, 2.45) is 29.1 Å². The molecule has 0 heteroatoms. The summed E-state index contributed by atoms with van der Waals surface area (Å²) in [5, 5.41) is 0. The van der Waals surface area contributed by atoms with Crippen LogP contribution in [0.5, 0.6) is 0 Å². The molecule has 0 aromatic rings. The van der Waals surface area contributed by atoms with E-state index in [2.05, 4.69) is 26.8 Å². The summed E-state index contributed by atoms with van der Waals surface area (Å²) in [5.74, 6) is 4.18. The quantitative estimate of drug-likeness (QED) is 0.513. The maximum absolute atomic E-state index is 2.61. The molecule has 4 bridgehead atoms. The summed E-state index contributed by atoms with van der Waals surface area (Å²) in [6.45, 7) is 7.06. The molecule has 15 heavy (non-hydrogen) atoms. The smallest absolute Gasteiger partial charge is 0.0195 e. The number of rotatable bonds is 0. The first-order chi connectivity index (χ1) is 7.01. The van der Waals surface area contributed by atoms with Gasteiger partial charge < -0.3 is 0 Å². The minimum absolute atomic E-state index is 0.394. The lowest BCUT2D eigenvalue weighted by Crippen LogP contribution is -2.40. The third-order valence-electron chi connectivity index (χ3n) is 4.68. The minimum atomic E-state index is 0.394. The van der Waals surface area contributed by atoms with E-state index in [9.17, 15) is 0 Å². The van der Waals surface area contributed by atoms with Gasteiger partial charge in [-0.15, -0.1) is 0 Å².